The maximum absolute atomic E-state index is 13.7. The second-order valence-corrected chi connectivity index (χ2v) is 18.3. The number of aromatic nitrogens is 4. The highest BCUT2D eigenvalue weighted by Crippen LogP contribution is 2.34. The number of piperidine rings is 2. The Bertz CT molecular complexity index is 2690. The van der Waals surface area contributed by atoms with E-state index < -0.39 is 29.7 Å². The predicted octanol–water partition coefficient (Wildman–Crippen LogP) is 3.49. The number of benzene rings is 1. The first-order valence-electron chi connectivity index (χ1n) is 23.2. The van der Waals surface area contributed by atoms with Crippen molar-refractivity contribution in [2.75, 3.05) is 80.6 Å². The van der Waals surface area contributed by atoms with Crippen molar-refractivity contribution in [1.29, 1.82) is 0 Å². The highest BCUT2D eigenvalue weighted by atomic mass is 16.2. The monoisotopic (exact) mass is 898 g/mol. The number of Topliss-reactive ketones (excluding diaryl/α,β-unsaturated/α-hetero) is 1. The van der Waals surface area contributed by atoms with Crippen LogP contribution in [0.2, 0.25) is 0 Å². The van der Waals surface area contributed by atoms with Gasteiger partial charge in [-0.2, -0.15) is 4.98 Å². The number of anilines is 4. The first-order chi connectivity index (χ1) is 31.9. The summed E-state index contributed by atoms with van der Waals surface area (Å²) in [4.78, 5) is 116. The van der Waals surface area contributed by atoms with Crippen molar-refractivity contribution in [1.82, 2.24) is 44.4 Å². The summed E-state index contributed by atoms with van der Waals surface area (Å²) in [6, 6.07) is 8.53. The minimum absolute atomic E-state index is 0.00154. The molecule has 1 unspecified atom stereocenters. The number of ketones is 1. The van der Waals surface area contributed by atoms with Crippen LogP contribution in [0.1, 0.15) is 101 Å². The third-order valence-electron chi connectivity index (χ3n) is 14.5. The molecule has 0 spiro atoms. The number of fused-ring (bicyclic) bond motifs is 2. The molecule has 6 amide bonds. The lowest BCUT2D eigenvalue weighted by atomic mass is 10.0. The number of amides is 6. The summed E-state index contributed by atoms with van der Waals surface area (Å²) in [7, 11) is 0. The quantitative estimate of drug-likeness (QED) is 0.192. The van der Waals surface area contributed by atoms with Gasteiger partial charge in [-0.15, -0.1) is 0 Å². The van der Waals surface area contributed by atoms with Crippen molar-refractivity contribution in [3.8, 4) is 0 Å². The summed E-state index contributed by atoms with van der Waals surface area (Å²) in [6.07, 6.45) is 9.35. The number of hydrogen-bond donors (Lipinski definition) is 2. The average Bonchev–Trinajstić information content (AvgIpc) is 3.95. The van der Waals surface area contributed by atoms with Crippen molar-refractivity contribution in [3.05, 3.63) is 75.3 Å². The highest BCUT2D eigenvalue weighted by Gasteiger charge is 2.45. The molecule has 1 aromatic carbocycles. The van der Waals surface area contributed by atoms with Gasteiger partial charge in [0.05, 0.1) is 28.6 Å². The number of carbonyl (C=O) groups excluding carboxylic acids is 6. The van der Waals surface area contributed by atoms with Gasteiger partial charge in [0.2, 0.25) is 17.8 Å². The molecule has 1 atom stereocenters. The molecule has 5 fully saturated rings. The van der Waals surface area contributed by atoms with Gasteiger partial charge in [-0.3, -0.25) is 48.5 Å². The number of nitrogens with zero attached hydrogens (tertiary/aromatic N) is 10. The number of imide groups is 2. The van der Waals surface area contributed by atoms with Gasteiger partial charge in [0.15, 0.2) is 5.78 Å². The maximum atomic E-state index is 13.7. The van der Waals surface area contributed by atoms with E-state index in [-0.39, 0.29) is 52.9 Å². The van der Waals surface area contributed by atoms with Crippen LogP contribution in [0, 0.1) is 6.92 Å². The average molecular weight is 899 g/mol. The Morgan fingerprint density at radius 2 is 1.38 bits per heavy atom. The number of carbonyl (C=O) groups is 6. The Morgan fingerprint density at radius 3 is 2.06 bits per heavy atom. The molecule has 66 heavy (non-hydrogen) atoms. The minimum atomic E-state index is -1.01. The number of rotatable bonds is 8. The van der Waals surface area contributed by atoms with Crippen molar-refractivity contribution < 1.29 is 28.8 Å². The van der Waals surface area contributed by atoms with Gasteiger partial charge < -0.3 is 24.9 Å². The van der Waals surface area contributed by atoms with E-state index >= 15 is 0 Å². The summed E-state index contributed by atoms with van der Waals surface area (Å²) < 4.78 is 1.71. The Balaban J connectivity index is 0.689. The Morgan fingerprint density at radius 1 is 0.712 bits per heavy atom. The van der Waals surface area contributed by atoms with Gasteiger partial charge in [-0.25, -0.2) is 14.8 Å². The van der Waals surface area contributed by atoms with Gasteiger partial charge in [-0.05, 0) is 81.8 Å². The molecule has 10 rings (SSSR count). The number of likely N-dealkylation sites (tertiary alicyclic amines) is 1. The van der Waals surface area contributed by atoms with E-state index in [1.807, 2.05) is 28.1 Å². The molecule has 19 heteroatoms. The molecule has 1 aliphatic carbocycles. The summed E-state index contributed by atoms with van der Waals surface area (Å²) >= 11 is 0. The third kappa shape index (κ3) is 7.92. The molecule has 8 heterocycles. The van der Waals surface area contributed by atoms with Crippen molar-refractivity contribution in [2.24, 2.45) is 0 Å². The number of piperazine rings is 2. The zero-order chi connectivity index (χ0) is 45.8. The van der Waals surface area contributed by atoms with Crippen molar-refractivity contribution in [3.63, 3.8) is 0 Å². The van der Waals surface area contributed by atoms with E-state index in [2.05, 4.69) is 35.3 Å². The van der Waals surface area contributed by atoms with E-state index in [0.29, 0.717) is 73.7 Å². The lowest BCUT2D eigenvalue weighted by Crippen LogP contribution is -2.57. The van der Waals surface area contributed by atoms with Crippen LogP contribution < -0.4 is 26.0 Å². The molecule has 3 aromatic heterocycles. The molecule has 2 N–H and O–H groups in total. The van der Waals surface area contributed by atoms with E-state index in [0.717, 1.165) is 81.0 Å². The van der Waals surface area contributed by atoms with Crippen molar-refractivity contribution >= 4 is 69.6 Å². The Labute approximate surface area is 381 Å². The zero-order valence-electron chi connectivity index (χ0n) is 37.3. The molecule has 5 aliphatic heterocycles. The first-order valence-corrected chi connectivity index (χ1v) is 23.2. The fourth-order valence-electron chi connectivity index (χ4n) is 10.8. The first kappa shape index (κ1) is 43.1. The normalized spacial score (nSPS) is 21.2. The third-order valence-corrected chi connectivity index (χ3v) is 14.5. The number of hydrogen-bond acceptors (Lipinski definition) is 14. The van der Waals surface area contributed by atoms with Crippen LogP contribution >= 0.6 is 0 Å². The number of pyridine rings is 2. The maximum Gasteiger partial charge on any atom is 0.320 e. The van der Waals surface area contributed by atoms with Crippen LogP contribution in [-0.4, -0.2) is 152 Å². The lowest BCUT2D eigenvalue weighted by molar-refractivity contribution is -0.136. The zero-order valence-corrected chi connectivity index (χ0v) is 37.3. The SMILES string of the molecule is CC(=O)c1c(C)c2cnc(Nc3ccc(N4CCN(C5CCN(C(=O)N6CCN(c7ccc8c(c7)C(=O)N(C7CCC(=O)NC7=O)C8=O)CC6)CC5)CC4)cn3)nc2n(C2CCCC2)c1=O. The van der Waals surface area contributed by atoms with Crippen LogP contribution in [0.5, 0.6) is 0 Å². The van der Waals surface area contributed by atoms with Gasteiger partial charge in [-0.1, -0.05) is 12.8 Å². The Kier molecular flexibility index (Phi) is 11.5. The van der Waals surface area contributed by atoms with Gasteiger partial charge in [0.25, 0.3) is 17.4 Å². The minimum Gasteiger partial charge on any atom is -0.368 e. The van der Waals surface area contributed by atoms with E-state index in [1.165, 1.54) is 6.92 Å². The molecule has 0 radical (unpaired) electrons. The van der Waals surface area contributed by atoms with Crippen LogP contribution in [0.3, 0.4) is 0 Å². The molecule has 19 nitrogen and oxygen atoms in total. The molecule has 344 valence electrons. The van der Waals surface area contributed by atoms with E-state index in [9.17, 15) is 33.6 Å². The molecule has 4 aromatic rings. The van der Waals surface area contributed by atoms with Gasteiger partial charge in [0.1, 0.15) is 17.5 Å². The largest absolute Gasteiger partial charge is 0.368 e. The summed E-state index contributed by atoms with van der Waals surface area (Å²) in [6.45, 7) is 10.4. The second-order valence-electron chi connectivity index (χ2n) is 18.3. The molecule has 1 saturated carbocycles. The fourth-order valence-corrected chi connectivity index (χ4v) is 10.8. The molecular formula is C47H54N12O7. The number of urea groups is 1. The Hall–Kier alpha value is -6.76. The summed E-state index contributed by atoms with van der Waals surface area (Å²) in [5.74, 6) is -1.44. The van der Waals surface area contributed by atoms with Gasteiger partial charge in [0, 0.05) is 101 Å². The second kappa shape index (κ2) is 17.6. The molecular weight excluding hydrogens is 845 g/mol. The van der Waals surface area contributed by atoms with Gasteiger partial charge >= 0.3 is 6.03 Å². The van der Waals surface area contributed by atoms with E-state index in [4.69, 9.17) is 4.98 Å². The topological polar surface area (TPSA) is 207 Å². The molecule has 4 saturated heterocycles. The predicted molar refractivity (Wildman–Crippen MR) is 244 cm³/mol. The lowest BCUT2D eigenvalue weighted by Gasteiger charge is -2.44. The van der Waals surface area contributed by atoms with Crippen LogP contribution in [0.15, 0.2) is 47.5 Å². The highest BCUT2D eigenvalue weighted by molar-refractivity contribution is 6.23. The van der Waals surface area contributed by atoms with E-state index in [1.54, 1.807) is 35.9 Å². The van der Waals surface area contributed by atoms with Crippen LogP contribution in [0.4, 0.5) is 27.9 Å². The van der Waals surface area contributed by atoms with Crippen LogP contribution in [0.25, 0.3) is 11.0 Å². The fraction of sp³-hybridized carbons (Fsp3) is 0.489. The van der Waals surface area contributed by atoms with Crippen molar-refractivity contribution in [2.45, 2.75) is 83.3 Å². The number of nitrogens with one attached hydrogen (secondary N) is 2. The van der Waals surface area contributed by atoms with Crippen LogP contribution in [-0.2, 0) is 9.59 Å². The summed E-state index contributed by atoms with van der Waals surface area (Å²) in [5.41, 5.74) is 3.37. The summed E-state index contributed by atoms with van der Waals surface area (Å²) in [5, 5.41) is 6.15. The molecule has 6 aliphatic rings. The molecule has 0 bridgehead atoms. The number of aryl methyl sites for hydroxylation is 1. The smallest absolute Gasteiger partial charge is 0.320 e. The standard InChI is InChI=1S/C47H54N12O7/c1-28-36-27-49-46(52-41(36)58(31-5-3-4-6-31)45(65)40(28)29(2)60)50-38-11-8-33(26-48-38)55-19-17-53(18-20-55)30-13-15-56(16-14-30)47(66)57-23-21-54(22-24-57)32-7-9-34-35(25-32)44(64)59(43(34)63)37-10-12-39(61)51-42(37)62/h7-9,11,25-27,30-31,37H,3-6,10,12-24H2,1-2H3,(H,51,61,62)(H,48,49,50,52).